The molecule has 5 rings (SSSR count). The van der Waals surface area contributed by atoms with Gasteiger partial charge in [-0.1, -0.05) is 89.8 Å². The number of nitrogens with zero attached hydrogens (tertiary/aromatic N) is 2. The van der Waals surface area contributed by atoms with E-state index in [4.69, 9.17) is 4.74 Å². The molecule has 0 bridgehead atoms. The van der Waals surface area contributed by atoms with Crippen LogP contribution in [0.4, 0.5) is 5.69 Å². The van der Waals surface area contributed by atoms with E-state index < -0.39 is 28.5 Å². The lowest BCUT2D eigenvalue weighted by Gasteiger charge is -2.35. The van der Waals surface area contributed by atoms with Gasteiger partial charge in [0.25, 0.3) is 10.0 Å². The summed E-state index contributed by atoms with van der Waals surface area (Å²) in [4.78, 5) is 30.7. The van der Waals surface area contributed by atoms with Crippen LogP contribution < -0.4 is 14.4 Å². The number of amides is 2. The van der Waals surface area contributed by atoms with E-state index in [0.717, 1.165) is 57.6 Å². The van der Waals surface area contributed by atoms with Crippen molar-refractivity contribution in [1.29, 1.82) is 0 Å². The van der Waals surface area contributed by atoms with E-state index in [1.54, 1.807) is 41.3 Å². The third kappa shape index (κ3) is 9.51. The van der Waals surface area contributed by atoms with Crippen molar-refractivity contribution in [2.75, 3.05) is 17.5 Å². The summed E-state index contributed by atoms with van der Waals surface area (Å²) in [6.07, 6.45) is 5.31. The maximum Gasteiger partial charge on any atom is 0.264 e. The first-order chi connectivity index (χ1) is 23.7. The first-order valence-electron chi connectivity index (χ1n) is 16.8. The summed E-state index contributed by atoms with van der Waals surface area (Å²) in [5, 5.41) is 3.26. The predicted octanol–water partition coefficient (Wildman–Crippen LogP) is 7.44. The molecule has 258 valence electrons. The number of benzene rings is 4. The van der Waals surface area contributed by atoms with Crippen molar-refractivity contribution in [2.45, 2.75) is 75.9 Å². The highest BCUT2D eigenvalue weighted by molar-refractivity contribution is 9.10. The molecule has 1 aliphatic carbocycles. The standard InChI is InChI=1S/C39H44BrN3O5S/c1-3-48-35-22-20-34(21-23-35)43(49(46,47)36-24-18-32(40)19-25-36)28-38(44)42(27-31-15-11-10-12-29(31)2)37(26-30-13-6-4-7-14-30)39(45)41-33-16-8-5-9-17-33/h4,6-7,10-15,18-25,33,37H,3,5,8-9,16-17,26-28H2,1-2H3,(H,41,45)/t37-/m0/s1. The number of nitrogens with one attached hydrogen (secondary N) is 1. The van der Waals surface area contributed by atoms with Gasteiger partial charge in [0, 0.05) is 23.5 Å². The topological polar surface area (TPSA) is 96.0 Å². The van der Waals surface area contributed by atoms with Crippen molar-refractivity contribution in [1.82, 2.24) is 10.2 Å². The molecule has 4 aromatic rings. The van der Waals surface area contributed by atoms with Gasteiger partial charge in [0.15, 0.2) is 0 Å². The molecule has 2 amide bonds. The van der Waals surface area contributed by atoms with Crippen molar-refractivity contribution < 1.29 is 22.7 Å². The lowest BCUT2D eigenvalue weighted by molar-refractivity contribution is -0.140. The maximum atomic E-state index is 14.8. The number of anilines is 1. The number of sulfonamides is 1. The number of aryl methyl sites for hydroxylation is 1. The Bertz CT molecular complexity index is 1790. The second kappa shape index (κ2) is 17.0. The van der Waals surface area contributed by atoms with Gasteiger partial charge >= 0.3 is 0 Å². The zero-order valence-electron chi connectivity index (χ0n) is 28.1. The van der Waals surface area contributed by atoms with E-state index in [1.165, 1.54) is 12.1 Å². The first-order valence-corrected chi connectivity index (χ1v) is 19.1. The summed E-state index contributed by atoms with van der Waals surface area (Å²) in [5.74, 6) is -0.138. The van der Waals surface area contributed by atoms with E-state index in [9.17, 15) is 18.0 Å². The molecule has 4 aromatic carbocycles. The average molecular weight is 747 g/mol. The lowest BCUT2D eigenvalue weighted by Crippen LogP contribution is -2.55. The van der Waals surface area contributed by atoms with Gasteiger partial charge in [-0.25, -0.2) is 8.42 Å². The third-order valence-corrected chi connectivity index (χ3v) is 11.3. The monoisotopic (exact) mass is 745 g/mol. The van der Waals surface area contributed by atoms with Gasteiger partial charge in [0.05, 0.1) is 17.2 Å². The number of rotatable bonds is 14. The number of halogens is 1. The molecule has 49 heavy (non-hydrogen) atoms. The molecule has 1 saturated carbocycles. The number of hydrogen-bond acceptors (Lipinski definition) is 5. The van der Waals surface area contributed by atoms with Crippen LogP contribution >= 0.6 is 15.9 Å². The Morgan fingerprint density at radius 2 is 1.53 bits per heavy atom. The van der Waals surface area contributed by atoms with E-state index in [0.29, 0.717) is 18.0 Å². The van der Waals surface area contributed by atoms with E-state index in [-0.39, 0.29) is 29.8 Å². The largest absolute Gasteiger partial charge is 0.494 e. The third-order valence-electron chi connectivity index (χ3n) is 8.94. The minimum absolute atomic E-state index is 0.0353. The van der Waals surface area contributed by atoms with Crippen molar-refractivity contribution in [3.63, 3.8) is 0 Å². The van der Waals surface area contributed by atoms with E-state index in [1.807, 2.05) is 68.4 Å². The molecule has 1 atom stereocenters. The molecule has 10 heteroatoms. The van der Waals surface area contributed by atoms with Gasteiger partial charge in [0.1, 0.15) is 18.3 Å². The van der Waals surface area contributed by atoms with Gasteiger partial charge in [-0.3, -0.25) is 13.9 Å². The Morgan fingerprint density at radius 3 is 2.18 bits per heavy atom. The fraction of sp³-hybridized carbons (Fsp3) is 0.333. The highest BCUT2D eigenvalue weighted by Crippen LogP contribution is 2.28. The van der Waals surface area contributed by atoms with Gasteiger partial charge < -0.3 is 15.0 Å². The molecule has 8 nitrogen and oxygen atoms in total. The molecule has 0 aliphatic heterocycles. The highest BCUT2D eigenvalue weighted by Gasteiger charge is 2.35. The van der Waals surface area contributed by atoms with Crippen LogP contribution in [0, 0.1) is 6.92 Å². The molecule has 0 radical (unpaired) electrons. The van der Waals surface area contributed by atoms with Crippen LogP contribution in [0.15, 0.2) is 112 Å². The van der Waals surface area contributed by atoms with Crippen LogP contribution in [-0.4, -0.2) is 50.4 Å². The van der Waals surface area contributed by atoms with Gasteiger partial charge in [-0.05, 0) is 91.9 Å². The summed E-state index contributed by atoms with van der Waals surface area (Å²) < 4.78 is 36.1. The number of carbonyl (C=O) groups is 2. The molecule has 1 N–H and O–H groups in total. The lowest BCUT2D eigenvalue weighted by atomic mass is 9.94. The fourth-order valence-electron chi connectivity index (χ4n) is 6.21. The summed E-state index contributed by atoms with van der Waals surface area (Å²) >= 11 is 3.38. The Hall–Kier alpha value is -4.15. The van der Waals surface area contributed by atoms with Crippen molar-refractivity contribution >= 4 is 43.5 Å². The van der Waals surface area contributed by atoms with E-state index in [2.05, 4.69) is 21.2 Å². The van der Waals surface area contributed by atoms with E-state index >= 15 is 0 Å². The fourth-order valence-corrected chi connectivity index (χ4v) is 7.89. The molecule has 0 aromatic heterocycles. The zero-order valence-corrected chi connectivity index (χ0v) is 30.5. The average Bonchev–Trinajstić information content (AvgIpc) is 3.11. The Morgan fingerprint density at radius 1 is 0.878 bits per heavy atom. The molecule has 0 saturated heterocycles. The van der Waals surface area contributed by atoms with Crippen LogP contribution in [0.25, 0.3) is 0 Å². The number of ether oxygens (including phenoxy) is 1. The summed E-state index contributed by atoms with van der Waals surface area (Å²) in [6, 6.07) is 29.5. The second-order valence-electron chi connectivity index (χ2n) is 12.4. The SMILES string of the molecule is CCOc1ccc(N(CC(=O)N(Cc2ccccc2C)[C@@H](Cc2ccccc2)C(=O)NC2CCCCC2)S(=O)(=O)c2ccc(Br)cc2)cc1. The first kappa shape index (κ1) is 36.1. The summed E-state index contributed by atoms with van der Waals surface area (Å²) in [7, 11) is -4.21. The molecule has 0 unspecified atom stereocenters. The summed E-state index contributed by atoms with van der Waals surface area (Å²) in [5.41, 5.74) is 3.06. The molecular formula is C39H44BrN3O5S. The molecule has 0 spiro atoms. The van der Waals surface area contributed by atoms with Gasteiger partial charge in [-0.2, -0.15) is 0 Å². The predicted molar refractivity (Wildman–Crippen MR) is 197 cm³/mol. The van der Waals surface area contributed by atoms with Crippen LogP contribution in [0.2, 0.25) is 0 Å². The molecule has 1 aliphatic rings. The quantitative estimate of drug-likeness (QED) is 0.145. The second-order valence-corrected chi connectivity index (χ2v) is 15.2. The zero-order chi connectivity index (χ0) is 34.8. The van der Waals surface area contributed by atoms with Crippen molar-refractivity contribution in [3.05, 3.63) is 124 Å². The van der Waals surface area contributed by atoms with Gasteiger partial charge in [0.2, 0.25) is 11.8 Å². The van der Waals surface area contributed by atoms with Crippen LogP contribution in [-0.2, 0) is 32.6 Å². The number of hydrogen-bond donors (Lipinski definition) is 1. The molecule has 0 heterocycles. The smallest absolute Gasteiger partial charge is 0.264 e. The highest BCUT2D eigenvalue weighted by atomic mass is 79.9. The molecule has 1 fully saturated rings. The van der Waals surface area contributed by atoms with Gasteiger partial charge in [-0.15, -0.1) is 0 Å². The Labute approximate surface area is 298 Å². The molecular weight excluding hydrogens is 702 g/mol. The Balaban J connectivity index is 1.57. The maximum absolute atomic E-state index is 14.8. The summed E-state index contributed by atoms with van der Waals surface area (Å²) in [6.45, 7) is 3.92. The van der Waals surface area contributed by atoms with Crippen molar-refractivity contribution in [2.24, 2.45) is 0 Å². The van der Waals surface area contributed by atoms with Crippen molar-refractivity contribution in [3.8, 4) is 5.75 Å². The normalized spacial score (nSPS) is 14.1. The van der Waals surface area contributed by atoms with Crippen LogP contribution in [0.5, 0.6) is 5.75 Å². The van der Waals surface area contributed by atoms with Crippen LogP contribution in [0.3, 0.4) is 0 Å². The number of carbonyl (C=O) groups excluding carboxylic acids is 2. The Kier molecular flexibility index (Phi) is 12.5. The minimum Gasteiger partial charge on any atom is -0.494 e. The minimum atomic E-state index is -4.21. The van der Waals surface area contributed by atoms with Crippen LogP contribution in [0.1, 0.15) is 55.7 Å².